The summed E-state index contributed by atoms with van der Waals surface area (Å²) in [6.07, 6.45) is 0. The molecule has 2 rings (SSSR count). The Bertz CT molecular complexity index is 601. The third-order valence-corrected chi connectivity index (χ3v) is 4.36. The standard InChI is InChI=1S/C18H21NO2S/c1-14(15-8-4-3-5-9-15)19-18(20)16-10-6-7-11-17(16)22-13-12-21-2/h3-11,14H,12-13H2,1-2H3,(H,19,20)/t14-/m1/s1. The van der Waals surface area contributed by atoms with Gasteiger partial charge in [-0.25, -0.2) is 0 Å². The van der Waals surface area contributed by atoms with Crippen LogP contribution < -0.4 is 5.32 Å². The summed E-state index contributed by atoms with van der Waals surface area (Å²) in [6.45, 7) is 2.66. The first-order chi connectivity index (χ1) is 10.7. The molecule has 3 nitrogen and oxygen atoms in total. The van der Waals surface area contributed by atoms with E-state index in [0.717, 1.165) is 16.2 Å². The number of hydrogen-bond donors (Lipinski definition) is 1. The average Bonchev–Trinajstić information content (AvgIpc) is 2.56. The number of nitrogens with one attached hydrogen (secondary N) is 1. The molecule has 1 N–H and O–H groups in total. The summed E-state index contributed by atoms with van der Waals surface area (Å²) in [7, 11) is 1.68. The highest BCUT2D eigenvalue weighted by atomic mass is 32.2. The average molecular weight is 315 g/mol. The summed E-state index contributed by atoms with van der Waals surface area (Å²) in [5, 5.41) is 3.06. The van der Waals surface area contributed by atoms with Crippen LogP contribution in [0.15, 0.2) is 59.5 Å². The minimum absolute atomic E-state index is 0.0225. The van der Waals surface area contributed by atoms with E-state index in [2.05, 4.69) is 5.32 Å². The van der Waals surface area contributed by atoms with E-state index in [-0.39, 0.29) is 11.9 Å². The van der Waals surface area contributed by atoms with E-state index in [0.29, 0.717) is 12.2 Å². The Morgan fingerprint density at radius 3 is 2.55 bits per heavy atom. The maximum Gasteiger partial charge on any atom is 0.252 e. The third kappa shape index (κ3) is 4.61. The molecule has 22 heavy (non-hydrogen) atoms. The zero-order chi connectivity index (χ0) is 15.8. The lowest BCUT2D eigenvalue weighted by Crippen LogP contribution is -2.27. The number of rotatable bonds is 7. The lowest BCUT2D eigenvalue weighted by molar-refractivity contribution is 0.0937. The molecule has 0 unspecified atom stereocenters. The number of methoxy groups -OCH3 is 1. The predicted molar refractivity (Wildman–Crippen MR) is 91.4 cm³/mol. The second-order valence-electron chi connectivity index (χ2n) is 4.94. The molecule has 1 amide bonds. The molecule has 0 spiro atoms. The number of benzene rings is 2. The SMILES string of the molecule is COCCSc1ccccc1C(=O)N[C@H](C)c1ccccc1. The van der Waals surface area contributed by atoms with E-state index < -0.39 is 0 Å². The molecule has 0 aromatic heterocycles. The smallest absolute Gasteiger partial charge is 0.252 e. The Balaban J connectivity index is 2.06. The topological polar surface area (TPSA) is 38.3 Å². The molecule has 0 saturated heterocycles. The molecule has 1 atom stereocenters. The van der Waals surface area contributed by atoms with Crippen molar-refractivity contribution in [3.05, 3.63) is 65.7 Å². The van der Waals surface area contributed by atoms with E-state index in [1.165, 1.54) is 0 Å². The van der Waals surface area contributed by atoms with Crippen LogP contribution in [0.1, 0.15) is 28.9 Å². The normalized spacial score (nSPS) is 11.9. The minimum Gasteiger partial charge on any atom is -0.384 e. The van der Waals surface area contributed by atoms with E-state index >= 15 is 0 Å². The van der Waals surface area contributed by atoms with Gasteiger partial charge in [0.15, 0.2) is 0 Å². The van der Waals surface area contributed by atoms with Gasteiger partial charge in [-0.2, -0.15) is 0 Å². The Morgan fingerprint density at radius 2 is 1.82 bits per heavy atom. The molecule has 116 valence electrons. The van der Waals surface area contributed by atoms with Crippen LogP contribution in [0.25, 0.3) is 0 Å². The van der Waals surface area contributed by atoms with Gasteiger partial charge in [0.25, 0.3) is 5.91 Å². The van der Waals surface area contributed by atoms with Gasteiger partial charge >= 0.3 is 0 Å². The van der Waals surface area contributed by atoms with Gasteiger partial charge in [0.2, 0.25) is 0 Å². The van der Waals surface area contributed by atoms with Crippen molar-refractivity contribution in [3.8, 4) is 0 Å². The summed E-state index contributed by atoms with van der Waals surface area (Å²) >= 11 is 1.64. The van der Waals surface area contributed by atoms with Gasteiger partial charge in [0, 0.05) is 17.8 Å². The van der Waals surface area contributed by atoms with Crippen LogP contribution in [0, 0.1) is 0 Å². The van der Waals surface area contributed by atoms with E-state index in [1.54, 1.807) is 18.9 Å². The molecule has 0 fully saturated rings. The molecule has 0 bridgehead atoms. The van der Waals surface area contributed by atoms with Gasteiger partial charge in [-0.05, 0) is 24.6 Å². The van der Waals surface area contributed by atoms with Crippen molar-refractivity contribution in [2.24, 2.45) is 0 Å². The van der Waals surface area contributed by atoms with Crippen molar-refractivity contribution in [2.75, 3.05) is 19.5 Å². The van der Waals surface area contributed by atoms with Crippen molar-refractivity contribution in [2.45, 2.75) is 17.9 Å². The summed E-state index contributed by atoms with van der Waals surface area (Å²) in [4.78, 5) is 13.5. The molecular formula is C18H21NO2S. The van der Waals surface area contributed by atoms with Crippen molar-refractivity contribution in [1.82, 2.24) is 5.32 Å². The van der Waals surface area contributed by atoms with E-state index in [4.69, 9.17) is 4.74 Å². The zero-order valence-electron chi connectivity index (χ0n) is 12.9. The van der Waals surface area contributed by atoms with Gasteiger partial charge in [-0.15, -0.1) is 11.8 Å². The van der Waals surface area contributed by atoms with Crippen LogP contribution in [0.5, 0.6) is 0 Å². The van der Waals surface area contributed by atoms with E-state index in [9.17, 15) is 4.79 Å². The fourth-order valence-electron chi connectivity index (χ4n) is 2.11. The van der Waals surface area contributed by atoms with Gasteiger partial charge in [0.1, 0.15) is 0 Å². The summed E-state index contributed by atoms with van der Waals surface area (Å²) in [5.74, 6) is 0.784. The minimum atomic E-state index is -0.0446. The van der Waals surface area contributed by atoms with Crippen molar-refractivity contribution in [3.63, 3.8) is 0 Å². The van der Waals surface area contributed by atoms with Gasteiger partial charge in [-0.1, -0.05) is 42.5 Å². The summed E-state index contributed by atoms with van der Waals surface area (Å²) in [5.41, 5.74) is 1.81. The van der Waals surface area contributed by atoms with Crippen LogP contribution in [0.3, 0.4) is 0 Å². The molecule has 0 aliphatic rings. The van der Waals surface area contributed by atoms with Crippen LogP contribution in [-0.2, 0) is 4.74 Å². The van der Waals surface area contributed by atoms with E-state index in [1.807, 2.05) is 61.5 Å². The highest BCUT2D eigenvalue weighted by Crippen LogP contribution is 2.23. The number of carbonyl (C=O) groups excluding carboxylic acids is 1. The fraction of sp³-hybridized carbons (Fsp3) is 0.278. The number of amides is 1. The van der Waals surface area contributed by atoms with Crippen molar-refractivity contribution in [1.29, 1.82) is 0 Å². The first-order valence-electron chi connectivity index (χ1n) is 7.29. The fourth-order valence-corrected chi connectivity index (χ4v) is 3.08. The Labute approximate surface area is 136 Å². The molecule has 2 aromatic rings. The zero-order valence-corrected chi connectivity index (χ0v) is 13.7. The molecule has 0 aliphatic heterocycles. The lowest BCUT2D eigenvalue weighted by Gasteiger charge is -2.16. The molecular weight excluding hydrogens is 294 g/mol. The Hall–Kier alpha value is -1.78. The second kappa shape index (κ2) is 8.61. The van der Waals surface area contributed by atoms with Crippen molar-refractivity contribution >= 4 is 17.7 Å². The van der Waals surface area contributed by atoms with Crippen LogP contribution >= 0.6 is 11.8 Å². The highest BCUT2D eigenvalue weighted by molar-refractivity contribution is 7.99. The molecule has 0 radical (unpaired) electrons. The number of ether oxygens (including phenoxy) is 1. The Kier molecular flexibility index (Phi) is 6.49. The first-order valence-corrected chi connectivity index (χ1v) is 8.27. The van der Waals surface area contributed by atoms with Crippen LogP contribution in [-0.4, -0.2) is 25.4 Å². The number of thioether (sulfide) groups is 1. The van der Waals surface area contributed by atoms with Crippen molar-refractivity contribution < 1.29 is 9.53 Å². The quantitative estimate of drug-likeness (QED) is 0.622. The maximum absolute atomic E-state index is 12.5. The molecule has 0 heterocycles. The molecule has 0 aliphatic carbocycles. The largest absolute Gasteiger partial charge is 0.384 e. The highest BCUT2D eigenvalue weighted by Gasteiger charge is 2.14. The molecule has 4 heteroatoms. The summed E-state index contributed by atoms with van der Waals surface area (Å²) < 4.78 is 5.06. The maximum atomic E-state index is 12.5. The van der Waals surface area contributed by atoms with Gasteiger partial charge < -0.3 is 10.1 Å². The lowest BCUT2D eigenvalue weighted by atomic mass is 10.1. The van der Waals surface area contributed by atoms with Gasteiger partial charge in [0.05, 0.1) is 18.2 Å². The van der Waals surface area contributed by atoms with Gasteiger partial charge in [-0.3, -0.25) is 4.79 Å². The van der Waals surface area contributed by atoms with Crippen LogP contribution in [0.2, 0.25) is 0 Å². The number of carbonyl (C=O) groups is 1. The molecule has 2 aromatic carbocycles. The summed E-state index contributed by atoms with van der Waals surface area (Å²) in [6, 6.07) is 17.6. The second-order valence-corrected chi connectivity index (χ2v) is 6.08. The predicted octanol–water partition coefficient (Wildman–Crippen LogP) is 3.92. The van der Waals surface area contributed by atoms with Crippen LogP contribution in [0.4, 0.5) is 0 Å². The monoisotopic (exact) mass is 315 g/mol. The third-order valence-electron chi connectivity index (χ3n) is 3.32. The first kappa shape index (κ1) is 16.6. The molecule has 0 saturated carbocycles. The Morgan fingerprint density at radius 1 is 1.14 bits per heavy atom. The number of hydrogen-bond acceptors (Lipinski definition) is 3.